The van der Waals surface area contributed by atoms with Gasteiger partial charge in [-0.2, -0.15) is 0 Å². The third kappa shape index (κ3) is 4.36. The Morgan fingerprint density at radius 2 is 1.45 bits per heavy atom. The molecule has 22 heavy (non-hydrogen) atoms. The molecule has 0 saturated carbocycles. The fraction of sp³-hybridized carbons (Fsp3) is 0.176. The Labute approximate surface area is 134 Å². The summed E-state index contributed by atoms with van der Waals surface area (Å²) in [6, 6.07) is 16.5. The first-order valence-electron chi connectivity index (χ1n) is 6.97. The number of hydrogen-bond donors (Lipinski definition) is 2. The van der Waals surface area contributed by atoms with E-state index in [1.807, 2.05) is 42.7 Å². The van der Waals surface area contributed by atoms with Crippen LogP contribution in [0, 0.1) is 0 Å². The molecule has 0 atom stereocenters. The fourth-order valence-corrected chi connectivity index (χ4v) is 2.57. The molecular formula is C17H18N2O2S. The SMILES string of the molecule is CSc1ccccc1C(=O)NCCNC(=O)c1ccccc1. The molecule has 4 nitrogen and oxygen atoms in total. The Bertz CT molecular complexity index is 644. The lowest BCUT2D eigenvalue weighted by Gasteiger charge is -2.09. The average molecular weight is 314 g/mol. The minimum Gasteiger partial charge on any atom is -0.350 e. The second-order valence-corrected chi connectivity index (χ2v) is 5.43. The molecule has 0 bridgehead atoms. The van der Waals surface area contributed by atoms with Crippen LogP contribution in [0.15, 0.2) is 59.5 Å². The molecule has 0 heterocycles. The first kappa shape index (κ1) is 16.1. The summed E-state index contributed by atoms with van der Waals surface area (Å²) in [7, 11) is 0. The third-order valence-electron chi connectivity index (χ3n) is 3.08. The van der Waals surface area contributed by atoms with Crippen molar-refractivity contribution in [2.75, 3.05) is 19.3 Å². The van der Waals surface area contributed by atoms with E-state index in [0.717, 1.165) is 4.90 Å². The van der Waals surface area contributed by atoms with Crippen molar-refractivity contribution in [3.8, 4) is 0 Å². The van der Waals surface area contributed by atoms with Gasteiger partial charge in [0, 0.05) is 23.5 Å². The summed E-state index contributed by atoms with van der Waals surface area (Å²) >= 11 is 1.53. The van der Waals surface area contributed by atoms with Gasteiger partial charge in [0.15, 0.2) is 0 Å². The normalized spacial score (nSPS) is 10.0. The zero-order valence-corrected chi connectivity index (χ0v) is 13.2. The maximum absolute atomic E-state index is 12.1. The maximum atomic E-state index is 12.1. The molecule has 0 radical (unpaired) electrons. The van der Waals surface area contributed by atoms with E-state index >= 15 is 0 Å². The molecule has 0 aliphatic rings. The van der Waals surface area contributed by atoms with Gasteiger partial charge in [0.2, 0.25) is 0 Å². The highest BCUT2D eigenvalue weighted by atomic mass is 32.2. The molecule has 5 heteroatoms. The van der Waals surface area contributed by atoms with Crippen molar-refractivity contribution >= 4 is 23.6 Å². The molecule has 2 rings (SSSR count). The average Bonchev–Trinajstić information content (AvgIpc) is 2.59. The van der Waals surface area contributed by atoms with Crippen molar-refractivity contribution in [3.63, 3.8) is 0 Å². The Balaban J connectivity index is 1.79. The molecule has 2 N–H and O–H groups in total. The van der Waals surface area contributed by atoms with Crippen molar-refractivity contribution in [1.29, 1.82) is 0 Å². The summed E-state index contributed by atoms with van der Waals surface area (Å²) in [5.74, 6) is -0.265. The standard InChI is InChI=1S/C17H18N2O2S/c1-22-15-10-6-5-9-14(15)17(21)19-12-11-18-16(20)13-7-3-2-4-8-13/h2-10H,11-12H2,1H3,(H,18,20)(H,19,21). The Morgan fingerprint density at radius 3 is 2.14 bits per heavy atom. The topological polar surface area (TPSA) is 58.2 Å². The van der Waals surface area contributed by atoms with Crippen LogP contribution in [-0.4, -0.2) is 31.2 Å². The van der Waals surface area contributed by atoms with Crippen molar-refractivity contribution < 1.29 is 9.59 Å². The van der Waals surface area contributed by atoms with Crippen LogP contribution in [0.4, 0.5) is 0 Å². The summed E-state index contributed by atoms with van der Waals surface area (Å²) in [5.41, 5.74) is 1.27. The Kier molecular flexibility index (Phi) is 6.03. The van der Waals surface area contributed by atoms with Crippen molar-refractivity contribution in [2.24, 2.45) is 0 Å². The summed E-state index contributed by atoms with van der Waals surface area (Å²) < 4.78 is 0. The first-order chi connectivity index (χ1) is 10.7. The quantitative estimate of drug-likeness (QED) is 0.636. The zero-order chi connectivity index (χ0) is 15.8. The minimum absolute atomic E-state index is 0.126. The largest absolute Gasteiger partial charge is 0.350 e. The van der Waals surface area contributed by atoms with Gasteiger partial charge in [-0.1, -0.05) is 30.3 Å². The maximum Gasteiger partial charge on any atom is 0.252 e. The number of nitrogens with one attached hydrogen (secondary N) is 2. The summed E-state index contributed by atoms with van der Waals surface area (Å²) in [5, 5.41) is 5.59. The predicted octanol–water partition coefficient (Wildman–Crippen LogP) is 2.57. The van der Waals surface area contributed by atoms with Gasteiger partial charge in [0.25, 0.3) is 11.8 Å². The van der Waals surface area contributed by atoms with Crippen LogP contribution in [-0.2, 0) is 0 Å². The highest BCUT2D eigenvalue weighted by molar-refractivity contribution is 7.98. The number of hydrogen-bond acceptors (Lipinski definition) is 3. The molecule has 114 valence electrons. The molecule has 0 fully saturated rings. The van der Waals surface area contributed by atoms with Crippen LogP contribution in [0.2, 0.25) is 0 Å². The van der Waals surface area contributed by atoms with E-state index in [2.05, 4.69) is 10.6 Å². The van der Waals surface area contributed by atoms with Gasteiger partial charge in [-0.15, -0.1) is 11.8 Å². The van der Waals surface area contributed by atoms with Crippen LogP contribution in [0.5, 0.6) is 0 Å². The number of benzene rings is 2. The molecule has 2 aromatic rings. The molecule has 0 aliphatic carbocycles. The monoisotopic (exact) mass is 314 g/mol. The highest BCUT2D eigenvalue weighted by Crippen LogP contribution is 2.19. The number of amides is 2. The number of carbonyl (C=O) groups is 2. The lowest BCUT2D eigenvalue weighted by Crippen LogP contribution is -2.34. The van der Waals surface area contributed by atoms with Crippen LogP contribution in [0.3, 0.4) is 0 Å². The minimum atomic E-state index is -0.139. The van der Waals surface area contributed by atoms with Gasteiger partial charge in [0.1, 0.15) is 0 Å². The van der Waals surface area contributed by atoms with Crippen LogP contribution in [0.25, 0.3) is 0 Å². The first-order valence-corrected chi connectivity index (χ1v) is 8.19. The molecule has 0 aromatic heterocycles. The van der Waals surface area contributed by atoms with E-state index < -0.39 is 0 Å². The molecule has 0 saturated heterocycles. The van der Waals surface area contributed by atoms with Gasteiger partial charge in [-0.3, -0.25) is 9.59 Å². The van der Waals surface area contributed by atoms with Crippen LogP contribution in [0.1, 0.15) is 20.7 Å². The van der Waals surface area contributed by atoms with E-state index in [-0.39, 0.29) is 11.8 Å². The van der Waals surface area contributed by atoms with E-state index in [9.17, 15) is 9.59 Å². The van der Waals surface area contributed by atoms with E-state index in [0.29, 0.717) is 24.2 Å². The van der Waals surface area contributed by atoms with Gasteiger partial charge in [-0.05, 0) is 30.5 Å². The number of rotatable bonds is 6. The molecule has 0 unspecified atom stereocenters. The van der Waals surface area contributed by atoms with Gasteiger partial charge < -0.3 is 10.6 Å². The van der Waals surface area contributed by atoms with Crippen molar-refractivity contribution in [3.05, 3.63) is 65.7 Å². The van der Waals surface area contributed by atoms with Crippen molar-refractivity contribution in [1.82, 2.24) is 10.6 Å². The second-order valence-electron chi connectivity index (χ2n) is 4.58. The van der Waals surface area contributed by atoms with Gasteiger partial charge in [0.05, 0.1) is 5.56 Å². The van der Waals surface area contributed by atoms with Gasteiger partial charge in [-0.25, -0.2) is 0 Å². The number of thioether (sulfide) groups is 1. The zero-order valence-electron chi connectivity index (χ0n) is 12.3. The predicted molar refractivity (Wildman–Crippen MR) is 89.3 cm³/mol. The van der Waals surface area contributed by atoms with E-state index in [1.165, 1.54) is 11.8 Å². The summed E-state index contributed by atoms with van der Waals surface area (Å²) in [6.45, 7) is 0.779. The Hall–Kier alpha value is -2.27. The van der Waals surface area contributed by atoms with E-state index in [1.54, 1.807) is 18.2 Å². The smallest absolute Gasteiger partial charge is 0.252 e. The fourth-order valence-electron chi connectivity index (χ4n) is 1.97. The highest BCUT2D eigenvalue weighted by Gasteiger charge is 2.09. The van der Waals surface area contributed by atoms with Crippen LogP contribution < -0.4 is 10.6 Å². The van der Waals surface area contributed by atoms with Gasteiger partial charge >= 0.3 is 0 Å². The molecule has 2 aromatic carbocycles. The summed E-state index contributed by atoms with van der Waals surface area (Å²) in [6.07, 6.45) is 1.94. The van der Waals surface area contributed by atoms with Crippen LogP contribution >= 0.6 is 11.8 Å². The second kappa shape index (κ2) is 8.24. The Morgan fingerprint density at radius 1 is 0.864 bits per heavy atom. The number of carbonyl (C=O) groups excluding carboxylic acids is 2. The molecular weight excluding hydrogens is 296 g/mol. The van der Waals surface area contributed by atoms with Crippen molar-refractivity contribution in [2.45, 2.75) is 4.90 Å². The lowest BCUT2D eigenvalue weighted by atomic mass is 10.2. The lowest BCUT2D eigenvalue weighted by molar-refractivity contribution is 0.0926. The molecule has 2 amide bonds. The third-order valence-corrected chi connectivity index (χ3v) is 3.88. The summed E-state index contributed by atoms with van der Waals surface area (Å²) in [4.78, 5) is 24.9. The molecule has 0 spiro atoms. The molecule has 0 aliphatic heterocycles. The van der Waals surface area contributed by atoms with E-state index in [4.69, 9.17) is 0 Å².